The first-order valence-electron chi connectivity index (χ1n) is 8.17. The summed E-state index contributed by atoms with van der Waals surface area (Å²) in [6.45, 7) is 12.1. The van der Waals surface area contributed by atoms with Crippen LogP contribution in [0.2, 0.25) is 0 Å². The number of aliphatic carboxylic acids is 1. The average Bonchev–Trinajstić information content (AvgIpc) is 2.39. The Kier molecular flexibility index (Phi) is 8.09. The monoisotopic (exact) mass is 314 g/mol. The van der Waals surface area contributed by atoms with Crippen molar-refractivity contribution < 1.29 is 14.7 Å². The molecule has 0 radical (unpaired) electrons. The summed E-state index contributed by atoms with van der Waals surface area (Å²) in [6.07, 6.45) is 3.62. The quantitative estimate of drug-likeness (QED) is 0.610. The zero-order valence-electron chi connectivity index (χ0n) is 15.0. The fraction of sp³-hybridized carbons (Fsp3) is 0.882. The predicted molar refractivity (Wildman–Crippen MR) is 89.5 cm³/mol. The van der Waals surface area contributed by atoms with Crippen LogP contribution in [0.1, 0.15) is 73.6 Å². The Morgan fingerprint density at radius 1 is 1.14 bits per heavy atom. The number of nitrogens with two attached hydrogens (primary N) is 1. The maximum Gasteiger partial charge on any atom is 0.321 e. The van der Waals surface area contributed by atoms with Crippen LogP contribution in [0.5, 0.6) is 0 Å². The minimum absolute atomic E-state index is 0.0714. The van der Waals surface area contributed by atoms with Gasteiger partial charge in [-0.3, -0.25) is 9.59 Å². The van der Waals surface area contributed by atoms with E-state index in [0.717, 1.165) is 19.3 Å². The molecule has 2 atom stereocenters. The van der Waals surface area contributed by atoms with Gasteiger partial charge in [0.1, 0.15) is 6.04 Å². The molecule has 0 bridgehead atoms. The molecule has 5 heteroatoms. The van der Waals surface area contributed by atoms with E-state index in [1.165, 1.54) is 0 Å². The number of amides is 1. The lowest BCUT2D eigenvalue weighted by Crippen LogP contribution is -2.45. The van der Waals surface area contributed by atoms with Crippen LogP contribution < -0.4 is 11.1 Å². The van der Waals surface area contributed by atoms with Crippen molar-refractivity contribution in [1.82, 2.24) is 5.32 Å². The molecule has 0 aromatic rings. The molecular weight excluding hydrogens is 280 g/mol. The second-order valence-electron chi connectivity index (χ2n) is 8.08. The average molecular weight is 314 g/mol. The molecule has 0 aliphatic rings. The smallest absolute Gasteiger partial charge is 0.321 e. The molecule has 0 rings (SSSR count). The fourth-order valence-electron chi connectivity index (χ4n) is 2.20. The van der Waals surface area contributed by atoms with E-state index < -0.39 is 17.4 Å². The van der Waals surface area contributed by atoms with E-state index in [-0.39, 0.29) is 17.4 Å². The number of hydrogen-bond acceptors (Lipinski definition) is 3. The third-order valence-electron chi connectivity index (χ3n) is 4.21. The number of carboxylic acid groups (broad SMARTS) is 1. The van der Waals surface area contributed by atoms with Crippen LogP contribution in [-0.2, 0) is 9.59 Å². The maximum atomic E-state index is 12.0. The number of carbonyl (C=O) groups excluding carboxylic acids is 1. The van der Waals surface area contributed by atoms with Crippen molar-refractivity contribution in [3.8, 4) is 0 Å². The van der Waals surface area contributed by atoms with E-state index in [1.54, 1.807) is 0 Å². The van der Waals surface area contributed by atoms with Gasteiger partial charge < -0.3 is 16.2 Å². The normalized spacial score (nSPS) is 15.2. The zero-order chi connectivity index (χ0) is 17.6. The van der Waals surface area contributed by atoms with Gasteiger partial charge in [0.05, 0.1) is 0 Å². The molecule has 130 valence electrons. The Balaban J connectivity index is 4.38. The number of hydrogen-bond donors (Lipinski definition) is 3. The Labute approximate surface area is 135 Å². The molecule has 0 aromatic heterocycles. The van der Waals surface area contributed by atoms with E-state index >= 15 is 0 Å². The first kappa shape index (κ1) is 20.9. The Bertz CT molecular complexity index is 373. The van der Waals surface area contributed by atoms with Crippen molar-refractivity contribution in [2.45, 2.75) is 85.7 Å². The Hall–Kier alpha value is -1.10. The van der Waals surface area contributed by atoms with E-state index in [0.29, 0.717) is 12.8 Å². The van der Waals surface area contributed by atoms with Crippen molar-refractivity contribution in [3.63, 3.8) is 0 Å². The van der Waals surface area contributed by atoms with Crippen LogP contribution in [0.4, 0.5) is 0 Å². The summed E-state index contributed by atoms with van der Waals surface area (Å²) in [7, 11) is 0. The second kappa shape index (κ2) is 8.51. The van der Waals surface area contributed by atoms with Crippen molar-refractivity contribution in [3.05, 3.63) is 0 Å². The molecule has 0 aromatic carbocycles. The first-order chi connectivity index (χ1) is 9.89. The summed E-state index contributed by atoms with van der Waals surface area (Å²) < 4.78 is 0. The highest BCUT2D eigenvalue weighted by Gasteiger charge is 2.32. The van der Waals surface area contributed by atoms with Gasteiger partial charge >= 0.3 is 5.97 Å². The molecule has 1 amide bonds. The van der Waals surface area contributed by atoms with Crippen molar-refractivity contribution in [1.29, 1.82) is 0 Å². The summed E-state index contributed by atoms with van der Waals surface area (Å²) in [5.41, 5.74) is 5.39. The Morgan fingerprint density at radius 2 is 1.68 bits per heavy atom. The third kappa shape index (κ3) is 8.37. The molecule has 0 fully saturated rings. The van der Waals surface area contributed by atoms with Gasteiger partial charge in [-0.05, 0) is 36.5 Å². The van der Waals surface area contributed by atoms with Gasteiger partial charge in [-0.1, -0.05) is 41.5 Å². The molecule has 0 heterocycles. The third-order valence-corrected chi connectivity index (χ3v) is 4.21. The molecular formula is C17H34N2O3. The molecule has 0 spiro atoms. The first-order valence-corrected chi connectivity index (χ1v) is 8.17. The lowest BCUT2D eigenvalue weighted by molar-refractivity contribution is -0.141. The van der Waals surface area contributed by atoms with Gasteiger partial charge in [0.15, 0.2) is 0 Å². The van der Waals surface area contributed by atoms with Crippen LogP contribution >= 0.6 is 0 Å². The molecule has 0 saturated carbocycles. The van der Waals surface area contributed by atoms with E-state index in [1.807, 2.05) is 20.8 Å². The highest BCUT2D eigenvalue weighted by Crippen LogP contribution is 2.27. The van der Waals surface area contributed by atoms with Gasteiger partial charge in [0.2, 0.25) is 5.91 Å². The van der Waals surface area contributed by atoms with Gasteiger partial charge in [0.25, 0.3) is 0 Å². The topological polar surface area (TPSA) is 92.4 Å². The lowest BCUT2D eigenvalue weighted by atomic mass is 9.79. The van der Waals surface area contributed by atoms with E-state index in [9.17, 15) is 9.59 Å². The minimum Gasteiger partial charge on any atom is -0.480 e. The second-order valence-corrected chi connectivity index (χ2v) is 8.08. The predicted octanol–water partition coefficient (Wildman–Crippen LogP) is 2.93. The largest absolute Gasteiger partial charge is 0.480 e. The number of rotatable bonds is 9. The number of carbonyl (C=O) groups is 2. The van der Waals surface area contributed by atoms with Gasteiger partial charge in [-0.2, -0.15) is 0 Å². The summed E-state index contributed by atoms with van der Waals surface area (Å²) in [4.78, 5) is 23.0. The molecule has 2 unspecified atom stereocenters. The fourth-order valence-corrected chi connectivity index (χ4v) is 2.20. The summed E-state index contributed by atoms with van der Waals surface area (Å²) in [5.74, 6) is -0.908. The van der Waals surface area contributed by atoms with E-state index in [4.69, 9.17) is 10.8 Å². The SMILES string of the molecule is CCC(CCC(C)(C)C(N)C(=O)O)NC(=O)CCC(C)(C)C. The zero-order valence-corrected chi connectivity index (χ0v) is 15.0. The Morgan fingerprint density at radius 3 is 2.09 bits per heavy atom. The molecule has 22 heavy (non-hydrogen) atoms. The van der Waals surface area contributed by atoms with Gasteiger partial charge in [-0.15, -0.1) is 0 Å². The molecule has 5 nitrogen and oxygen atoms in total. The van der Waals surface area contributed by atoms with Crippen molar-refractivity contribution in [2.75, 3.05) is 0 Å². The number of carboxylic acids is 1. The standard InChI is InChI=1S/C17H34N2O3/c1-7-12(19-13(20)9-10-16(2,3)4)8-11-17(5,6)14(18)15(21)22/h12,14H,7-11,18H2,1-6H3,(H,19,20)(H,21,22). The van der Waals surface area contributed by atoms with Crippen molar-refractivity contribution in [2.24, 2.45) is 16.6 Å². The lowest BCUT2D eigenvalue weighted by Gasteiger charge is -2.30. The van der Waals surface area contributed by atoms with Crippen LogP contribution in [0.3, 0.4) is 0 Å². The van der Waals surface area contributed by atoms with Crippen LogP contribution in [0, 0.1) is 10.8 Å². The summed E-state index contributed by atoms with van der Waals surface area (Å²) in [6, 6.07) is -0.811. The van der Waals surface area contributed by atoms with Crippen LogP contribution in [-0.4, -0.2) is 29.1 Å². The van der Waals surface area contributed by atoms with Crippen molar-refractivity contribution >= 4 is 11.9 Å². The highest BCUT2D eigenvalue weighted by molar-refractivity contribution is 5.76. The number of nitrogens with one attached hydrogen (secondary N) is 1. The highest BCUT2D eigenvalue weighted by atomic mass is 16.4. The molecule has 0 aliphatic heterocycles. The molecule has 0 saturated heterocycles. The minimum atomic E-state index is -0.979. The van der Waals surface area contributed by atoms with Crippen LogP contribution in [0.15, 0.2) is 0 Å². The molecule has 0 aliphatic carbocycles. The van der Waals surface area contributed by atoms with Gasteiger partial charge in [0, 0.05) is 12.5 Å². The molecule has 4 N–H and O–H groups in total. The van der Waals surface area contributed by atoms with Gasteiger partial charge in [-0.25, -0.2) is 0 Å². The van der Waals surface area contributed by atoms with E-state index in [2.05, 4.69) is 26.1 Å². The maximum absolute atomic E-state index is 12.0. The summed E-state index contributed by atoms with van der Waals surface area (Å²) >= 11 is 0. The van der Waals surface area contributed by atoms with Crippen LogP contribution in [0.25, 0.3) is 0 Å². The summed E-state index contributed by atoms with van der Waals surface area (Å²) in [5, 5.41) is 12.1.